The molecule has 23 heavy (non-hydrogen) atoms. The van der Waals surface area contributed by atoms with E-state index in [0.717, 1.165) is 4.57 Å². The van der Waals surface area contributed by atoms with Crippen LogP contribution in [-0.4, -0.2) is 9.13 Å². The van der Waals surface area contributed by atoms with E-state index in [9.17, 15) is 14.0 Å². The molecule has 0 unspecified atom stereocenters. The average molecular weight is 308 g/mol. The van der Waals surface area contributed by atoms with Gasteiger partial charge in [-0.15, -0.1) is 6.42 Å². The zero-order valence-electron chi connectivity index (χ0n) is 12.4. The van der Waals surface area contributed by atoms with Crippen LogP contribution in [0, 0.1) is 18.2 Å². The third kappa shape index (κ3) is 2.55. The van der Waals surface area contributed by atoms with Crippen molar-refractivity contribution < 1.29 is 4.39 Å². The molecular weight excluding hydrogens is 295 g/mol. The summed E-state index contributed by atoms with van der Waals surface area (Å²) < 4.78 is 15.5. The van der Waals surface area contributed by atoms with Crippen molar-refractivity contribution in [3.8, 4) is 12.3 Å². The van der Waals surface area contributed by atoms with Gasteiger partial charge >= 0.3 is 5.69 Å². The molecule has 3 rings (SSSR count). The van der Waals surface area contributed by atoms with Crippen LogP contribution in [0.2, 0.25) is 0 Å². The molecule has 2 aromatic carbocycles. The van der Waals surface area contributed by atoms with Crippen molar-refractivity contribution in [1.82, 2.24) is 9.13 Å². The molecule has 1 heterocycles. The van der Waals surface area contributed by atoms with E-state index in [1.165, 1.54) is 16.7 Å². The summed E-state index contributed by atoms with van der Waals surface area (Å²) in [5.74, 6) is 2.11. The van der Waals surface area contributed by atoms with Crippen LogP contribution in [0.1, 0.15) is 11.1 Å². The zero-order chi connectivity index (χ0) is 16.6. The minimum absolute atomic E-state index is 0.0714. The van der Waals surface area contributed by atoms with Gasteiger partial charge in [0.25, 0.3) is 5.56 Å². The third-order valence-corrected chi connectivity index (χ3v) is 3.77. The number of hydrogen-bond acceptors (Lipinski definition) is 2. The topological polar surface area (TPSA) is 44.0 Å². The van der Waals surface area contributed by atoms with Crippen molar-refractivity contribution in [1.29, 1.82) is 0 Å². The second-order valence-electron chi connectivity index (χ2n) is 5.24. The van der Waals surface area contributed by atoms with Crippen molar-refractivity contribution in [2.24, 2.45) is 7.05 Å². The maximum absolute atomic E-state index is 13.0. The number of benzene rings is 2. The van der Waals surface area contributed by atoms with Crippen molar-refractivity contribution in [2.75, 3.05) is 0 Å². The predicted octanol–water partition coefficient (Wildman–Crippen LogP) is 1.87. The SMILES string of the molecule is C#Cc1ccc2c(c1)c(=O)n(Cc1ccc(F)cc1)c(=O)n2C. The smallest absolute Gasteiger partial charge is 0.296 e. The van der Waals surface area contributed by atoms with Crippen molar-refractivity contribution >= 4 is 10.9 Å². The Labute approximate surface area is 131 Å². The molecule has 5 heteroatoms. The summed E-state index contributed by atoms with van der Waals surface area (Å²) in [4.78, 5) is 25.1. The quantitative estimate of drug-likeness (QED) is 0.678. The van der Waals surface area contributed by atoms with Crippen molar-refractivity contribution in [3.63, 3.8) is 0 Å². The lowest BCUT2D eigenvalue weighted by Crippen LogP contribution is -2.39. The van der Waals surface area contributed by atoms with Gasteiger partial charge in [-0.2, -0.15) is 0 Å². The number of nitrogens with zero attached hydrogens (tertiary/aromatic N) is 2. The van der Waals surface area contributed by atoms with Gasteiger partial charge in [0.1, 0.15) is 5.82 Å². The highest BCUT2D eigenvalue weighted by molar-refractivity contribution is 5.79. The molecule has 0 aliphatic carbocycles. The van der Waals surface area contributed by atoms with Crippen LogP contribution >= 0.6 is 0 Å². The molecule has 0 aliphatic heterocycles. The number of rotatable bonds is 2. The van der Waals surface area contributed by atoms with E-state index in [1.807, 2.05) is 0 Å². The summed E-state index contributed by atoms with van der Waals surface area (Å²) in [5, 5.41) is 0.379. The van der Waals surface area contributed by atoms with Gasteiger partial charge in [-0.05, 0) is 35.9 Å². The van der Waals surface area contributed by atoms with Crippen LogP contribution in [-0.2, 0) is 13.6 Å². The number of aromatic nitrogens is 2. The highest BCUT2D eigenvalue weighted by Crippen LogP contribution is 2.10. The van der Waals surface area contributed by atoms with E-state index in [2.05, 4.69) is 5.92 Å². The fourth-order valence-electron chi connectivity index (χ4n) is 2.52. The van der Waals surface area contributed by atoms with Crippen LogP contribution in [0.3, 0.4) is 0 Å². The largest absolute Gasteiger partial charge is 0.331 e. The van der Waals surface area contributed by atoms with E-state index in [-0.39, 0.29) is 12.4 Å². The minimum Gasteiger partial charge on any atom is -0.296 e. The highest BCUT2D eigenvalue weighted by Gasteiger charge is 2.11. The number of hydrogen-bond donors (Lipinski definition) is 0. The molecule has 0 aliphatic rings. The number of halogens is 1. The van der Waals surface area contributed by atoms with Gasteiger partial charge in [0.05, 0.1) is 17.4 Å². The van der Waals surface area contributed by atoms with Gasteiger partial charge in [0, 0.05) is 12.6 Å². The Morgan fingerprint density at radius 2 is 1.83 bits per heavy atom. The average Bonchev–Trinajstić information content (AvgIpc) is 2.58. The van der Waals surface area contributed by atoms with Crippen LogP contribution in [0.4, 0.5) is 4.39 Å². The summed E-state index contributed by atoms with van der Waals surface area (Å²) in [5.41, 5.74) is 0.916. The molecule has 0 amide bonds. The van der Waals surface area contributed by atoms with E-state index in [0.29, 0.717) is 22.0 Å². The van der Waals surface area contributed by atoms with Crippen LogP contribution in [0.15, 0.2) is 52.1 Å². The predicted molar refractivity (Wildman–Crippen MR) is 86.9 cm³/mol. The number of terminal acetylenes is 1. The zero-order valence-corrected chi connectivity index (χ0v) is 12.4. The Morgan fingerprint density at radius 1 is 1.13 bits per heavy atom. The molecule has 1 aromatic heterocycles. The van der Waals surface area contributed by atoms with Crippen LogP contribution < -0.4 is 11.2 Å². The van der Waals surface area contributed by atoms with Gasteiger partial charge < -0.3 is 0 Å². The maximum Gasteiger partial charge on any atom is 0.331 e. The van der Waals surface area contributed by atoms with Crippen molar-refractivity contribution in [2.45, 2.75) is 6.54 Å². The first-order chi connectivity index (χ1) is 11.0. The normalized spacial score (nSPS) is 10.7. The molecule has 0 N–H and O–H groups in total. The highest BCUT2D eigenvalue weighted by atomic mass is 19.1. The first-order valence-electron chi connectivity index (χ1n) is 6.96. The lowest BCUT2D eigenvalue weighted by Gasteiger charge is -2.11. The Hall–Kier alpha value is -3.13. The third-order valence-electron chi connectivity index (χ3n) is 3.77. The lowest BCUT2D eigenvalue weighted by molar-refractivity contribution is 0.623. The second-order valence-corrected chi connectivity index (χ2v) is 5.24. The molecule has 114 valence electrons. The second kappa shape index (κ2) is 5.58. The van der Waals surface area contributed by atoms with Gasteiger partial charge in [0.15, 0.2) is 0 Å². The summed E-state index contributed by atoms with van der Waals surface area (Å²) in [6.45, 7) is 0.0714. The van der Waals surface area contributed by atoms with E-state index in [4.69, 9.17) is 6.42 Å². The maximum atomic E-state index is 13.0. The van der Waals surface area contributed by atoms with E-state index < -0.39 is 11.2 Å². The minimum atomic E-state index is -0.430. The molecule has 0 atom stereocenters. The Balaban J connectivity index is 2.24. The summed E-state index contributed by atoms with van der Waals surface area (Å²) in [6.07, 6.45) is 5.37. The van der Waals surface area contributed by atoms with Crippen molar-refractivity contribution in [3.05, 3.63) is 80.2 Å². The Bertz CT molecular complexity index is 1050. The molecule has 0 bridgehead atoms. The van der Waals surface area contributed by atoms with Crippen LogP contribution in [0.25, 0.3) is 10.9 Å². The summed E-state index contributed by atoms with van der Waals surface area (Å²) in [7, 11) is 1.60. The van der Waals surface area contributed by atoms with E-state index >= 15 is 0 Å². The lowest BCUT2D eigenvalue weighted by atomic mass is 10.1. The molecule has 0 fully saturated rings. The van der Waals surface area contributed by atoms with Crippen LogP contribution in [0.5, 0.6) is 0 Å². The summed E-state index contributed by atoms with van der Waals surface area (Å²) >= 11 is 0. The molecule has 0 spiro atoms. The summed E-state index contributed by atoms with van der Waals surface area (Å²) in [6, 6.07) is 10.6. The fraction of sp³-hybridized carbons (Fsp3) is 0.111. The number of fused-ring (bicyclic) bond motifs is 1. The Morgan fingerprint density at radius 3 is 2.48 bits per heavy atom. The monoisotopic (exact) mass is 308 g/mol. The molecule has 0 saturated heterocycles. The van der Waals surface area contributed by atoms with E-state index in [1.54, 1.807) is 37.4 Å². The van der Waals surface area contributed by atoms with Gasteiger partial charge in [-0.3, -0.25) is 13.9 Å². The standard InChI is InChI=1S/C18H13FN2O2/c1-3-12-6-9-16-15(10-12)17(22)21(18(23)20(16)2)11-13-4-7-14(19)8-5-13/h1,4-10H,11H2,2H3. The first kappa shape index (κ1) is 14.8. The first-order valence-corrected chi connectivity index (χ1v) is 6.96. The number of aryl methyl sites for hydroxylation is 1. The molecule has 3 aromatic rings. The fourth-order valence-corrected chi connectivity index (χ4v) is 2.52. The molecule has 0 saturated carbocycles. The molecule has 0 radical (unpaired) electrons. The van der Waals surface area contributed by atoms with Gasteiger partial charge in [-0.1, -0.05) is 18.1 Å². The Kier molecular flexibility index (Phi) is 3.59. The molecular formula is C18H13FN2O2. The molecule has 4 nitrogen and oxygen atoms in total. The van der Waals surface area contributed by atoms with Gasteiger partial charge in [-0.25, -0.2) is 9.18 Å². The van der Waals surface area contributed by atoms with Gasteiger partial charge in [0.2, 0.25) is 0 Å².